The van der Waals surface area contributed by atoms with Crippen LogP contribution in [0, 0.1) is 12.3 Å². The van der Waals surface area contributed by atoms with E-state index in [0.717, 1.165) is 5.92 Å². The van der Waals surface area contributed by atoms with Crippen LogP contribution in [0.25, 0.3) is 0 Å². The van der Waals surface area contributed by atoms with E-state index in [0.29, 0.717) is 0 Å². The van der Waals surface area contributed by atoms with Crippen LogP contribution in [0.5, 0.6) is 0 Å². The van der Waals surface area contributed by atoms with Gasteiger partial charge in [-0.25, -0.2) is 0 Å². The monoisotopic (exact) mass is 702 g/mol. The Kier molecular flexibility index (Phi) is 47.0. The normalized spacial score (nSPS) is 11.8. The highest BCUT2D eigenvalue weighted by Gasteiger charge is 1.99. The Morgan fingerprint density at radius 3 is 0.620 bits per heavy atom. The van der Waals surface area contributed by atoms with Crippen molar-refractivity contribution in [2.45, 2.75) is 310 Å². The number of unbranched alkanes of at least 4 members (excludes halogenated alkanes) is 44. The summed E-state index contributed by atoms with van der Waals surface area (Å²) in [5.74, 6) is 0.895. The second kappa shape index (κ2) is 47.0. The van der Waals surface area contributed by atoms with E-state index < -0.39 is 0 Å². The lowest BCUT2D eigenvalue weighted by Gasteiger charge is -2.05. The summed E-state index contributed by atoms with van der Waals surface area (Å²) in [4.78, 5) is 0. The second-order valence-electron chi connectivity index (χ2n) is 17.5. The highest BCUT2D eigenvalue weighted by Crippen LogP contribution is 2.18. The lowest BCUT2D eigenvalue weighted by atomic mass is 10.0. The highest BCUT2D eigenvalue weighted by molar-refractivity contribution is 4.65. The molecule has 0 heteroatoms. The maximum absolute atomic E-state index is 2.60. The topological polar surface area (TPSA) is 0 Å². The van der Waals surface area contributed by atoms with Crippen LogP contribution in [0.2, 0.25) is 0 Å². The molecule has 1 radical (unpaired) electrons. The van der Waals surface area contributed by atoms with Gasteiger partial charge in [0.2, 0.25) is 0 Å². The number of rotatable bonds is 46. The van der Waals surface area contributed by atoms with Crippen LogP contribution >= 0.6 is 0 Å². The van der Waals surface area contributed by atoms with E-state index in [4.69, 9.17) is 0 Å². The molecule has 0 aromatic carbocycles. The zero-order valence-electron chi connectivity index (χ0n) is 36.0. The minimum absolute atomic E-state index is 0.895. The van der Waals surface area contributed by atoms with Crippen molar-refractivity contribution in [2.24, 2.45) is 5.92 Å². The third kappa shape index (κ3) is 48.0. The molecule has 0 nitrogen and oxygen atoms in total. The molecule has 301 valence electrons. The van der Waals surface area contributed by atoms with Crippen LogP contribution in [-0.2, 0) is 0 Å². The standard InChI is InChI=1S/C50H101/c1-4-5-6-7-8-9-10-11-12-13-14-15-16-17-18-19-20-21-22-23-24-25-26-27-28-29-30-31-32-33-34-35-36-37-38-39-40-41-42-43-44-45-46-47-48-49-50(2)3/h30,50H,4-29,31-49H2,1-3H3. The van der Waals surface area contributed by atoms with Crippen LogP contribution in [0.15, 0.2) is 0 Å². The fraction of sp³-hybridized carbons (Fsp3) is 0.980. The average Bonchev–Trinajstić information content (AvgIpc) is 3.11. The van der Waals surface area contributed by atoms with Crippen LogP contribution in [0.1, 0.15) is 310 Å². The fourth-order valence-electron chi connectivity index (χ4n) is 8.07. The average molecular weight is 702 g/mol. The van der Waals surface area contributed by atoms with Gasteiger partial charge >= 0.3 is 0 Å². The van der Waals surface area contributed by atoms with Gasteiger partial charge in [-0.3, -0.25) is 0 Å². The lowest BCUT2D eigenvalue weighted by molar-refractivity contribution is 0.501. The largest absolute Gasteiger partial charge is 0.0654 e. The molecule has 0 spiro atoms. The summed E-state index contributed by atoms with van der Waals surface area (Å²) in [6.45, 7) is 7.02. The number of hydrogen-bond acceptors (Lipinski definition) is 0. The number of hydrogen-bond donors (Lipinski definition) is 0. The zero-order valence-corrected chi connectivity index (χ0v) is 36.0. The molecule has 0 aromatic heterocycles. The molecule has 0 aromatic rings. The van der Waals surface area contributed by atoms with Crippen LogP contribution in [0.4, 0.5) is 0 Å². The molecule has 0 heterocycles. The third-order valence-corrected chi connectivity index (χ3v) is 11.7. The third-order valence-electron chi connectivity index (χ3n) is 11.7. The van der Waals surface area contributed by atoms with Crippen molar-refractivity contribution in [1.29, 1.82) is 0 Å². The first kappa shape index (κ1) is 50.0. The molecule has 0 saturated heterocycles. The summed E-state index contributed by atoms with van der Waals surface area (Å²) in [5.41, 5.74) is 0. The summed E-state index contributed by atoms with van der Waals surface area (Å²) in [5, 5.41) is 0. The smallest absolute Gasteiger partial charge is 0.0386 e. The Morgan fingerprint density at radius 2 is 0.420 bits per heavy atom. The van der Waals surface area contributed by atoms with Crippen LogP contribution in [0.3, 0.4) is 0 Å². The highest BCUT2D eigenvalue weighted by atomic mass is 14.1. The summed E-state index contributed by atoms with van der Waals surface area (Å²) in [6, 6.07) is 0. The quantitative estimate of drug-likeness (QED) is 0.0554. The van der Waals surface area contributed by atoms with Gasteiger partial charge in [-0.15, -0.1) is 0 Å². The van der Waals surface area contributed by atoms with E-state index in [1.807, 2.05) is 0 Å². The van der Waals surface area contributed by atoms with Crippen molar-refractivity contribution >= 4 is 0 Å². The van der Waals surface area contributed by atoms with Gasteiger partial charge in [0.05, 0.1) is 0 Å². The molecule has 0 unspecified atom stereocenters. The minimum Gasteiger partial charge on any atom is -0.0654 e. The van der Waals surface area contributed by atoms with Crippen molar-refractivity contribution in [2.75, 3.05) is 0 Å². The van der Waals surface area contributed by atoms with Crippen molar-refractivity contribution in [3.8, 4) is 0 Å². The van der Waals surface area contributed by atoms with Crippen molar-refractivity contribution in [3.05, 3.63) is 6.42 Å². The molecule has 0 aliphatic rings. The van der Waals surface area contributed by atoms with E-state index in [1.165, 1.54) is 289 Å². The summed E-state index contributed by atoms with van der Waals surface area (Å²) in [7, 11) is 0. The fourth-order valence-corrected chi connectivity index (χ4v) is 8.07. The van der Waals surface area contributed by atoms with E-state index in [2.05, 4.69) is 27.2 Å². The SMILES string of the molecule is CCCCCCCCCCCCCCCCCCCCCCCCCCC[CH]CCCCCCCCCCCCCCCCCCCC(C)C. The molecular formula is C50H101. The van der Waals surface area contributed by atoms with Gasteiger partial charge in [0.1, 0.15) is 0 Å². The van der Waals surface area contributed by atoms with E-state index in [-0.39, 0.29) is 0 Å². The summed E-state index contributed by atoms with van der Waals surface area (Å²) < 4.78 is 0. The first-order valence-corrected chi connectivity index (χ1v) is 24.6. The van der Waals surface area contributed by atoms with Gasteiger partial charge in [-0.1, -0.05) is 310 Å². The van der Waals surface area contributed by atoms with Gasteiger partial charge in [0.15, 0.2) is 0 Å². The predicted octanol–water partition coefficient (Wildman–Crippen LogP) is 19.4. The lowest BCUT2D eigenvalue weighted by Crippen LogP contribution is -1.87. The Labute approximate surface area is 321 Å². The molecule has 0 saturated carbocycles. The second-order valence-corrected chi connectivity index (χ2v) is 17.5. The Bertz CT molecular complexity index is 548. The van der Waals surface area contributed by atoms with Crippen molar-refractivity contribution in [1.82, 2.24) is 0 Å². The predicted molar refractivity (Wildman–Crippen MR) is 233 cm³/mol. The molecule has 0 aliphatic heterocycles. The first-order valence-electron chi connectivity index (χ1n) is 24.6. The van der Waals surface area contributed by atoms with Crippen molar-refractivity contribution in [3.63, 3.8) is 0 Å². The van der Waals surface area contributed by atoms with Gasteiger partial charge in [0, 0.05) is 0 Å². The Morgan fingerprint density at radius 1 is 0.240 bits per heavy atom. The molecule has 0 N–H and O–H groups in total. The Hall–Kier alpha value is 0. The van der Waals surface area contributed by atoms with Crippen LogP contribution in [-0.4, -0.2) is 0 Å². The zero-order chi connectivity index (χ0) is 36.1. The van der Waals surface area contributed by atoms with E-state index >= 15 is 0 Å². The maximum atomic E-state index is 2.60. The molecule has 0 aliphatic carbocycles. The summed E-state index contributed by atoms with van der Waals surface area (Å²) >= 11 is 0. The van der Waals surface area contributed by atoms with Gasteiger partial charge in [-0.05, 0) is 12.3 Å². The van der Waals surface area contributed by atoms with E-state index in [9.17, 15) is 0 Å². The minimum atomic E-state index is 0.895. The molecule has 0 fully saturated rings. The molecule has 0 bridgehead atoms. The van der Waals surface area contributed by atoms with Gasteiger partial charge in [0.25, 0.3) is 0 Å². The Balaban J connectivity index is 3.05. The maximum Gasteiger partial charge on any atom is -0.0386 e. The first-order chi connectivity index (χ1) is 24.8. The molecular weight excluding hydrogens is 601 g/mol. The van der Waals surface area contributed by atoms with Crippen LogP contribution < -0.4 is 0 Å². The van der Waals surface area contributed by atoms with Gasteiger partial charge < -0.3 is 0 Å². The van der Waals surface area contributed by atoms with Crippen molar-refractivity contribution < 1.29 is 0 Å². The molecule has 50 heavy (non-hydrogen) atoms. The molecule has 0 atom stereocenters. The summed E-state index contributed by atoms with van der Waals surface area (Å²) in [6.07, 6.45) is 68.9. The molecule has 0 rings (SSSR count). The molecule has 0 amide bonds. The van der Waals surface area contributed by atoms with E-state index in [1.54, 1.807) is 0 Å². The van der Waals surface area contributed by atoms with Gasteiger partial charge in [-0.2, -0.15) is 0 Å².